The molecule has 0 fully saturated rings. The third kappa shape index (κ3) is 3.87. The fourth-order valence-electron chi connectivity index (χ4n) is 8.65. The van der Waals surface area contributed by atoms with Gasteiger partial charge in [-0.2, -0.15) is 4.58 Å². The van der Waals surface area contributed by atoms with Gasteiger partial charge in [-0.05, 0) is 47.2 Å². The van der Waals surface area contributed by atoms with Crippen molar-refractivity contribution in [2.24, 2.45) is 21.1 Å². The highest BCUT2D eigenvalue weighted by atomic mass is 15.1. The van der Waals surface area contributed by atoms with Crippen molar-refractivity contribution in [3.63, 3.8) is 0 Å². The molecule has 50 heavy (non-hydrogen) atoms. The number of H-pyrrole nitrogens is 1. The van der Waals surface area contributed by atoms with Gasteiger partial charge in [0, 0.05) is 42.2 Å². The topological polar surface area (TPSA) is 45.4 Å². The summed E-state index contributed by atoms with van der Waals surface area (Å²) in [5.74, 6) is 2.16. The van der Waals surface area contributed by atoms with Gasteiger partial charge >= 0.3 is 0 Å². The molecule has 240 valence electrons. The molecule has 0 aliphatic carbocycles. The summed E-state index contributed by atoms with van der Waals surface area (Å²) >= 11 is 0. The van der Waals surface area contributed by atoms with E-state index >= 15 is 0 Å². The summed E-state index contributed by atoms with van der Waals surface area (Å²) in [6.07, 6.45) is 0. The van der Waals surface area contributed by atoms with Gasteiger partial charge in [0.25, 0.3) is 5.82 Å². The molecule has 1 aliphatic rings. The lowest BCUT2D eigenvalue weighted by molar-refractivity contribution is -0.653. The van der Waals surface area contributed by atoms with Gasteiger partial charge in [0.2, 0.25) is 11.4 Å². The van der Waals surface area contributed by atoms with Gasteiger partial charge in [-0.15, -0.1) is 0 Å². The highest BCUT2D eigenvalue weighted by molar-refractivity contribution is 6.17. The number of nitrogens with one attached hydrogen (secondary N) is 1. The van der Waals surface area contributed by atoms with Crippen LogP contribution in [0.2, 0.25) is 0 Å². The van der Waals surface area contributed by atoms with Crippen LogP contribution in [0, 0.1) is 0 Å². The Kier molecular flexibility index (Phi) is 6.10. The number of aryl methyl sites for hydroxylation is 3. The minimum atomic E-state index is 0.0241. The number of hydrogen-bond donors (Lipinski definition) is 1. The van der Waals surface area contributed by atoms with Gasteiger partial charge in [0.15, 0.2) is 17.0 Å². The molecule has 4 heterocycles. The number of aromatic nitrogens is 5. The summed E-state index contributed by atoms with van der Waals surface area (Å²) in [5.41, 5.74) is 14.2. The predicted octanol–water partition coefficient (Wildman–Crippen LogP) is 8.77. The molecule has 0 radical (unpaired) electrons. The zero-order chi connectivity index (χ0) is 33.7. The Morgan fingerprint density at radius 1 is 0.620 bits per heavy atom. The van der Waals surface area contributed by atoms with E-state index in [0.717, 1.165) is 27.9 Å². The largest absolute Gasteiger partial charge is 0.343 e. The molecule has 0 bridgehead atoms. The van der Waals surface area contributed by atoms with Crippen molar-refractivity contribution in [1.29, 1.82) is 0 Å². The maximum absolute atomic E-state index is 5.23. The van der Waals surface area contributed by atoms with E-state index in [1.807, 2.05) is 0 Å². The van der Waals surface area contributed by atoms with Crippen LogP contribution in [0.5, 0.6) is 0 Å². The molecular formula is C44H36N6+2. The summed E-state index contributed by atoms with van der Waals surface area (Å²) in [5, 5.41) is 3.64. The molecule has 1 aliphatic heterocycles. The normalized spacial score (nSPS) is 14.5. The van der Waals surface area contributed by atoms with Gasteiger partial charge in [0.1, 0.15) is 12.9 Å². The maximum Gasteiger partial charge on any atom is 0.273 e. The summed E-state index contributed by atoms with van der Waals surface area (Å²) in [6, 6.07) is 48.1. The summed E-state index contributed by atoms with van der Waals surface area (Å²) in [4.78, 5) is 9.05. The smallest absolute Gasteiger partial charge is 0.273 e. The van der Waals surface area contributed by atoms with Crippen molar-refractivity contribution >= 4 is 55.1 Å². The summed E-state index contributed by atoms with van der Waals surface area (Å²) in [7, 11) is 8.71. The van der Waals surface area contributed by atoms with Gasteiger partial charge in [-0.25, -0.2) is 14.5 Å². The van der Waals surface area contributed by atoms with Crippen LogP contribution in [0.1, 0.15) is 22.9 Å². The van der Waals surface area contributed by atoms with E-state index in [1.54, 1.807) is 0 Å². The van der Waals surface area contributed by atoms with Crippen LogP contribution >= 0.6 is 0 Å². The number of aromatic amines is 1. The molecule has 6 aromatic carbocycles. The molecule has 1 unspecified atom stereocenters. The monoisotopic (exact) mass is 648 g/mol. The molecule has 10 rings (SSSR count). The first kappa shape index (κ1) is 28.7. The molecule has 0 saturated carbocycles. The summed E-state index contributed by atoms with van der Waals surface area (Å²) in [6.45, 7) is 0. The minimum Gasteiger partial charge on any atom is -0.343 e. The molecule has 9 aromatic rings. The van der Waals surface area contributed by atoms with E-state index in [0.29, 0.717) is 0 Å². The minimum absolute atomic E-state index is 0.0241. The number of rotatable bonds is 4. The van der Waals surface area contributed by atoms with Crippen molar-refractivity contribution in [1.82, 2.24) is 19.1 Å². The Morgan fingerprint density at radius 2 is 1.28 bits per heavy atom. The Hall–Kier alpha value is -6.27. The lowest BCUT2D eigenvalue weighted by Crippen LogP contribution is -2.36. The second kappa shape index (κ2) is 10.6. The fourth-order valence-corrected chi connectivity index (χ4v) is 8.65. The second-order valence-corrected chi connectivity index (χ2v) is 13.5. The van der Waals surface area contributed by atoms with E-state index in [1.165, 1.54) is 66.8 Å². The Balaban J connectivity index is 1.24. The van der Waals surface area contributed by atoms with Crippen LogP contribution < -0.4 is 4.57 Å². The van der Waals surface area contributed by atoms with Crippen LogP contribution in [0.4, 0.5) is 5.69 Å². The molecule has 0 amide bonds. The van der Waals surface area contributed by atoms with Gasteiger partial charge < -0.3 is 9.13 Å². The van der Waals surface area contributed by atoms with Crippen LogP contribution in [0.3, 0.4) is 0 Å². The van der Waals surface area contributed by atoms with Crippen molar-refractivity contribution in [2.45, 2.75) is 5.92 Å². The first-order valence-corrected chi connectivity index (χ1v) is 17.2. The maximum atomic E-state index is 5.23. The molecule has 3 aromatic heterocycles. The van der Waals surface area contributed by atoms with Crippen molar-refractivity contribution in [3.8, 4) is 22.6 Å². The quantitative estimate of drug-likeness (QED) is 0.191. The third-order valence-corrected chi connectivity index (χ3v) is 11.0. The number of fused-ring (bicyclic) bond motifs is 5. The van der Waals surface area contributed by atoms with Crippen LogP contribution in [0.25, 0.3) is 66.4 Å². The highest BCUT2D eigenvalue weighted by Gasteiger charge is 2.45. The molecule has 6 heteroatoms. The highest BCUT2D eigenvalue weighted by Crippen LogP contribution is 2.45. The standard InChI is InChI=1S/C44H35N6/c1-47-35-23-9-5-15-31(35)39(43-45-33-21-7-11-25-37(33)49(43)3)41(47)29-19-13-18-28-27(29)17-14-20-30(28)42-40(32-16-6-10-24-36(32)48(42)2)44-46-34-22-8-12-26-38(34)50(44)4/h5-26,39H,1-4H3/q+1/p+1. The predicted molar refractivity (Wildman–Crippen MR) is 203 cm³/mol. The van der Waals surface area contributed by atoms with E-state index in [4.69, 9.17) is 4.98 Å². The van der Waals surface area contributed by atoms with Crippen LogP contribution in [0.15, 0.2) is 133 Å². The van der Waals surface area contributed by atoms with Crippen LogP contribution in [-0.4, -0.2) is 36.4 Å². The fraction of sp³-hybridized carbons (Fsp3) is 0.114. The average Bonchev–Trinajstić information content (AvgIpc) is 3.85. The number of para-hydroxylation sites is 6. The Bertz CT molecular complexity index is 2880. The average molecular weight is 649 g/mol. The zero-order valence-corrected chi connectivity index (χ0v) is 28.5. The number of nitrogens with zero attached hydrogens (tertiary/aromatic N) is 5. The van der Waals surface area contributed by atoms with Crippen molar-refractivity contribution < 1.29 is 9.14 Å². The van der Waals surface area contributed by atoms with Gasteiger partial charge in [0.05, 0.1) is 34.9 Å². The summed E-state index contributed by atoms with van der Waals surface area (Å²) < 4.78 is 9.31. The number of hydrogen-bond acceptors (Lipinski definition) is 1. The lowest BCUT2D eigenvalue weighted by atomic mass is 9.87. The number of benzene rings is 6. The van der Waals surface area contributed by atoms with Gasteiger partial charge in [-0.1, -0.05) is 91.0 Å². The first-order valence-electron chi connectivity index (χ1n) is 17.2. The molecule has 1 N–H and O–H groups in total. The van der Waals surface area contributed by atoms with Crippen molar-refractivity contribution in [3.05, 3.63) is 150 Å². The molecule has 6 nitrogen and oxygen atoms in total. The second-order valence-electron chi connectivity index (χ2n) is 13.5. The first-order chi connectivity index (χ1) is 24.5. The lowest BCUT2D eigenvalue weighted by Gasteiger charge is -2.15. The zero-order valence-electron chi connectivity index (χ0n) is 28.5. The number of imidazole rings is 2. The van der Waals surface area contributed by atoms with E-state index < -0.39 is 0 Å². The van der Waals surface area contributed by atoms with Gasteiger partial charge in [-0.3, -0.25) is 0 Å². The van der Waals surface area contributed by atoms with Crippen LogP contribution in [-0.2, 0) is 21.1 Å². The Labute approximate surface area is 289 Å². The molecular weight excluding hydrogens is 613 g/mol. The van der Waals surface area contributed by atoms with Crippen molar-refractivity contribution in [2.75, 3.05) is 7.05 Å². The van der Waals surface area contributed by atoms with E-state index in [-0.39, 0.29) is 5.92 Å². The molecule has 0 spiro atoms. The molecule has 1 atom stereocenters. The third-order valence-electron chi connectivity index (χ3n) is 11.0. The van der Waals surface area contributed by atoms with E-state index in [9.17, 15) is 0 Å². The molecule has 0 saturated heterocycles. The Morgan fingerprint density at radius 3 is 2.10 bits per heavy atom. The van der Waals surface area contributed by atoms with E-state index in [2.05, 4.69) is 185 Å². The SMILES string of the molecule is Cn1c(-c2c(-c3cccc4c(C5=[N+](C)c6ccccc6C5c5[nH]c6ccccc6[n+]5C)cccc34)n(C)c3ccccc23)nc2ccccc21.